The molecule has 6 heteroatoms. The van der Waals surface area contributed by atoms with Gasteiger partial charge in [-0.1, -0.05) is 12.1 Å². The van der Waals surface area contributed by atoms with E-state index in [-0.39, 0.29) is 5.75 Å². The first-order valence-electron chi connectivity index (χ1n) is 7.31. The van der Waals surface area contributed by atoms with Gasteiger partial charge in [0, 0.05) is 4.88 Å². The van der Waals surface area contributed by atoms with E-state index in [0.29, 0.717) is 5.57 Å². The second kappa shape index (κ2) is 6.88. The van der Waals surface area contributed by atoms with Gasteiger partial charge in [0.15, 0.2) is 0 Å². The fourth-order valence-electron chi connectivity index (χ4n) is 2.52. The molecule has 118 valence electrons. The third kappa shape index (κ3) is 3.74. The number of nitriles is 1. The van der Waals surface area contributed by atoms with Gasteiger partial charge in [0.2, 0.25) is 0 Å². The minimum Gasteiger partial charge on any atom is -0.435 e. The van der Waals surface area contributed by atoms with Gasteiger partial charge in [-0.15, -0.1) is 11.3 Å². The second-order valence-corrected chi connectivity index (χ2v) is 6.30. The lowest BCUT2D eigenvalue weighted by Crippen LogP contribution is -2.01. The Morgan fingerprint density at radius 1 is 1.26 bits per heavy atom. The lowest BCUT2D eigenvalue weighted by molar-refractivity contribution is -0.0498. The zero-order chi connectivity index (χ0) is 16.2. The van der Waals surface area contributed by atoms with Crippen LogP contribution in [-0.2, 0) is 12.8 Å². The number of rotatable bonds is 4. The van der Waals surface area contributed by atoms with Crippen molar-refractivity contribution in [1.29, 1.82) is 5.26 Å². The van der Waals surface area contributed by atoms with E-state index < -0.39 is 6.61 Å². The van der Waals surface area contributed by atoms with Gasteiger partial charge in [-0.05, 0) is 49.5 Å². The van der Waals surface area contributed by atoms with Crippen LogP contribution in [0.4, 0.5) is 8.78 Å². The Morgan fingerprint density at radius 2 is 2.00 bits per heavy atom. The SMILES string of the molecule is N#CC(=Cc1ccc(OC(F)F)cc1)c1nc2c(s1)CCCC2. The highest BCUT2D eigenvalue weighted by molar-refractivity contribution is 7.13. The van der Waals surface area contributed by atoms with Gasteiger partial charge >= 0.3 is 6.61 Å². The van der Waals surface area contributed by atoms with Crippen LogP contribution in [0.5, 0.6) is 5.75 Å². The summed E-state index contributed by atoms with van der Waals surface area (Å²) in [5, 5.41) is 10.1. The summed E-state index contributed by atoms with van der Waals surface area (Å²) in [5.74, 6) is 0.0976. The molecule has 0 saturated heterocycles. The number of alkyl halides is 2. The molecule has 0 atom stereocenters. The number of nitrogens with zero attached hydrogens (tertiary/aromatic N) is 2. The lowest BCUT2D eigenvalue weighted by Gasteiger charge is -2.06. The zero-order valence-electron chi connectivity index (χ0n) is 12.3. The Balaban J connectivity index is 1.84. The second-order valence-electron chi connectivity index (χ2n) is 5.21. The largest absolute Gasteiger partial charge is 0.435 e. The number of aromatic nitrogens is 1. The topological polar surface area (TPSA) is 45.9 Å². The molecule has 0 spiro atoms. The van der Waals surface area contributed by atoms with Gasteiger partial charge in [-0.2, -0.15) is 14.0 Å². The maximum Gasteiger partial charge on any atom is 0.387 e. The molecule has 0 unspecified atom stereocenters. The Morgan fingerprint density at radius 3 is 2.65 bits per heavy atom. The third-order valence-electron chi connectivity index (χ3n) is 3.61. The van der Waals surface area contributed by atoms with Crippen LogP contribution in [0.15, 0.2) is 24.3 Å². The zero-order valence-corrected chi connectivity index (χ0v) is 13.1. The monoisotopic (exact) mass is 332 g/mol. The summed E-state index contributed by atoms with van der Waals surface area (Å²) in [4.78, 5) is 5.85. The highest BCUT2D eigenvalue weighted by atomic mass is 32.1. The number of thiazole rings is 1. The minimum absolute atomic E-state index is 0.0976. The van der Waals surface area contributed by atoms with Crippen molar-refractivity contribution >= 4 is 23.0 Å². The molecule has 0 fully saturated rings. The molecule has 0 bridgehead atoms. The van der Waals surface area contributed by atoms with Crippen molar-refractivity contribution in [3.8, 4) is 11.8 Å². The Hall–Kier alpha value is -2.26. The van der Waals surface area contributed by atoms with Crippen LogP contribution in [0.3, 0.4) is 0 Å². The smallest absolute Gasteiger partial charge is 0.387 e. The van der Waals surface area contributed by atoms with Gasteiger partial charge in [0.25, 0.3) is 0 Å². The van der Waals surface area contributed by atoms with Crippen molar-refractivity contribution in [3.05, 3.63) is 45.4 Å². The van der Waals surface area contributed by atoms with Crippen molar-refractivity contribution in [3.63, 3.8) is 0 Å². The van der Waals surface area contributed by atoms with Crippen molar-refractivity contribution in [1.82, 2.24) is 4.98 Å². The van der Waals surface area contributed by atoms with Crippen LogP contribution in [0.1, 0.15) is 34.0 Å². The lowest BCUT2D eigenvalue weighted by atomic mass is 10.0. The normalized spacial score (nSPS) is 14.4. The molecule has 0 saturated carbocycles. The average Bonchev–Trinajstić information content (AvgIpc) is 2.97. The molecular formula is C17H14F2N2OS. The van der Waals surface area contributed by atoms with E-state index in [4.69, 9.17) is 0 Å². The van der Waals surface area contributed by atoms with E-state index in [1.165, 1.54) is 23.4 Å². The first kappa shape index (κ1) is 15.6. The molecular weight excluding hydrogens is 318 g/mol. The van der Waals surface area contributed by atoms with Crippen LogP contribution in [0, 0.1) is 11.3 Å². The molecule has 1 aromatic heterocycles. The predicted octanol–water partition coefficient (Wildman–Crippen LogP) is 4.69. The average molecular weight is 332 g/mol. The predicted molar refractivity (Wildman–Crippen MR) is 85.3 cm³/mol. The van der Waals surface area contributed by atoms with Crippen LogP contribution >= 0.6 is 11.3 Å². The van der Waals surface area contributed by atoms with Crippen molar-refractivity contribution in [2.45, 2.75) is 32.3 Å². The number of hydrogen-bond donors (Lipinski definition) is 0. The van der Waals surface area contributed by atoms with Gasteiger partial charge in [0.05, 0.1) is 11.3 Å². The molecule has 1 aliphatic carbocycles. The summed E-state index contributed by atoms with van der Waals surface area (Å²) in [7, 11) is 0. The molecule has 0 amide bonds. The number of benzene rings is 1. The molecule has 1 aliphatic rings. The van der Waals surface area contributed by atoms with E-state index >= 15 is 0 Å². The molecule has 0 N–H and O–H groups in total. The van der Waals surface area contributed by atoms with E-state index in [1.807, 2.05) is 0 Å². The van der Waals surface area contributed by atoms with Gasteiger partial charge in [0.1, 0.15) is 16.8 Å². The van der Waals surface area contributed by atoms with Crippen molar-refractivity contribution in [2.24, 2.45) is 0 Å². The van der Waals surface area contributed by atoms with Crippen LogP contribution < -0.4 is 4.74 Å². The van der Waals surface area contributed by atoms with Crippen LogP contribution in [0.25, 0.3) is 11.6 Å². The Bertz CT molecular complexity index is 736. The van der Waals surface area contributed by atoms with Crippen molar-refractivity contribution in [2.75, 3.05) is 0 Å². The minimum atomic E-state index is -2.84. The van der Waals surface area contributed by atoms with Gasteiger partial charge in [-0.3, -0.25) is 0 Å². The third-order valence-corrected chi connectivity index (χ3v) is 4.80. The highest BCUT2D eigenvalue weighted by Crippen LogP contribution is 2.31. The van der Waals surface area contributed by atoms with Crippen molar-refractivity contribution < 1.29 is 13.5 Å². The Kier molecular flexibility index (Phi) is 4.68. The molecule has 23 heavy (non-hydrogen) atoms. The van der Waals surface area contributed by atoms with E-state index in [9.17, 15) is 14.0 Å². The standard InChI is InChI=1S/C17H14F2N2OS/c18-17(19)22-13-7-5-11(6-8-13)9-12(10-20)16-21-14-3-1-2-4-15(14)23-16/h5-9,17H,1-4H2. The first-order valence-corrected chi connectivity index (χ1v) is 8.13. The molecule has 2 aromatic rings. The molecule has 3 rings (SSSR count). The summed E-state index contributed by atoms with van der Waals surface area (Å²) in [5.41, 5.74) is 2.35. The summed E-state index contributed by atoms with van der Waals surface area (Å²) >= 11 is 1.57. The number of fused-ring (bicyclic) bond motifs is 1. The molecule has 0 aliphatic heterocycles. The fraction of sp³-hybridized carbons (Fsp3) is 0.294. The number of aryl methyl sites for hydroxylation is 2. The van der Waals surface area contributed by atoms with Gasteiger partial charge in [-0.25, -0.2) is 4.98 Å². The number of ether oxygens (including phenoxy) is 1. The fourth-order valence-corrected chi connectivity index (χ4v) is 3.64. The Labute approximate surface area is 136 Å². The summed E-state index contributed by atoms with van der Waals surface area (Å²) in [6, 6.07) is 8.38. The molecule has 3 nitrogen and oxygen atoms in total. The van der Waals surface area contributed by atoms with E-state index in [1.54, 1.807) is 29.5 Å². The molecule has 1 aromatic carbocycles. The molecule has 1 heterocycles. The van der Waals surface area contributed by atoms with Gasteiger partial charge < -0.3 is 4.74 Å². The van der Waals surface area contributed by atoms with E-state index in [0.717, 1.165) is 35.5 Å². The summed E-state index contributed by atoms with van der Waals surface area (Å²) in [6.45, 7) is -2.84. The first-order chi connectivity index (χ1) is 11.2. The highest BCUT2D eigenvalue weighted by Gasteiger charge is 2.17. The maximum absolute atomic E-state index is 12.1. The number of hydrogen-bond acceptors (Lipinski definition) is 4. The number of allylic oxidation sites excluding steroid dienone is 1. The van der Waals surface area contributed by atoms with Crippen LogP contribution in [0.2, 0.25) is 0 Å². The van der Waals surface area contributed by atoms with Crippen LogP contribution in [-0.4, -0.2) is 11.6 Å². The van der Waals surface area contributed by atoms with E-state index in [2.05, 4.69) is 15.8 Å². The summed E-state index contributed by atoms with van der Waals surface area (Å²) in [6.07, 6.45) is 6.05. The summed E-state index contributed by atoms with van der Waals surface area (Å²) < 4.78 is 28.6. The molecule has 0 radical (unpaired) electrons. The maximum atomic E-state index is 12.1. The quantitative estimate of drug-likeness (QED) is 0.763. The number of halogens is 2.